The van der Waals surface area contributed by atoms with Crippen LogP contribution in [0.4, 0.5) is 17.6 Å². The van der Waals surface area contributed by atoms with Crippen molar-refractivity contribution in [1.29, 1.82) is 0 Å². The van der Waals surface area contributed by atoms with Crippen LogP contribution in [0.5, 0.6) is 0 Å². The van der Waals surface area contributed by atoms with Gasteiger partial charge in [-0.25, -0.2) is 4.39 Å². The summed E-state index contributed by atoms with van der Waals surface area (Å²) < 4.78 is 49.8. The molecule has 1 atom stereocenters. The molecule has 0 amide bonds. The first-order valence-electron chi connectivity index (χ1n) is 3.94. The molecule has 0 aliphatic heterocycles. The summed E-state index contributed by atoms with van der Waals surface area (Å²) in [4.78, 5) is 0. The van der Waals surface area contributed by atoms with E-state index in [1.54, 1.807) is 0 Å². The summed E-state index contributed by atoms with van der Waals surface area (Å²) in [5.41, 5.74) is 4.21. The average molecular weight is 244 g/mol. The van der Waals surface area contributed by atoms with Gasteiger partial charge < -0.3 is 5.73 Å². The molecule has 1 aromatic carbocycles. The van der Waals surface area contributed by atoms with Gasteiger partial charge in [-0.1, -0.05) is 0 Å². The molecule has 1 rings (SSSR count). The molecule has 86 valence electrons. The molecule has 0 aliphatic carbocycles. The van der Waals surface area contributed by atoms with E-state index in [1.807, 2.05) is 0 Å². The maximum absolute atomic E-state index is 12.7. The maximum Gasteiger partial charge on any atom is 0.416 e. The van der Waals surface area contributed by atoms with Crippen LogP contribution < -0.4 is 5.73 Å². The summed E-state index contributed by atoms with van der Waals surface area (Å²) in [5, 5.41) is 0. The Morgan fingerprint density at radius 3 is 2.20 bits per heavy atom. The van der Waals surface area contributed by atoms with Crippen molar-refractivity contribution in [2.75, 3.05) is 0 Å². The van der Waals surface area contributed by atoms with Crippen molar-refractivity contribution in [2.45, 2.75) is 19.1 Å². The number of rotatable bonds is 1. The van der Waals surface area contributed by atoms with Crippen LogP contribution >= 0.6 is 12.4 Å². The molecule has 0 heterocycles. The molecule has 0 fully saturated rings. The van der Waals surface area contributed by atoms with E-state index >= 15 is 0 Å². The highest BCUT2D eigenvalue weighted by atomic mass is 35.5. The molecule has 1 nitrogen and oxygen atoms in total. The van der Waals surface area contributed by atoms with Crippen LogP contribution in [-0.4, -0.2) is 0 Å². The van der Waals surface area contributed by atoms with Gasteiger partial charge in [-0.15, -0.1) is 12.4 Å². The van der Waals surface area contributed by atoms with E-state index in [4.69, 9.17) is 5.73 Å². The van der Waals surface area contributed by atoms with Gasteiger partial charge in [0.25, 0.3) is 0 Å². The first-order valence-corrected chi connectivity index (χ1v) is 3.94. The smallest absolute Gasteiger partial charge is 0.324 e. The Kier molecular flexibility index (Phi) is 4.55. The topological polar surface area (TPSA) is 26.0 Å². The molecule has 2 N–H and O–H groups in total. The molecule has 6 heteroatoms. The highest BCUT2D eigenvalue weighted by Gasteiger charge is 2.34. The van der Waals surface area contributed by atoms with Crippen LogP contribution in [0.1, 0.15) is 24.1 Å². The molecule has 0 saturated carbocycles. The molecule has 15 heavy (non-hydrogen) atoms. The lowest BCUT2D eigenvalue weighted by Gasteiger charge is -2.15. The summed E-state index contributed by atoms with van der Waals surface area (Å²) in [6, 6.07) is 1.44. The Hall–Kier alpha value is -0.810. The third-order valence-corrected chi connectivity index (χ3v) is 1.81. The zero-order valence-electron chi connectivity index (χ0n) is 7.81. The molecule has 1 aromatic rings. The lowest BCUT2D eigenvalue weighted by molar-refractivity contribution is -0.138. The predicted octanol–water partition coefficient (Wildman–Crippen LogP) is 3.29. The van der Waals surface area contributed by atoms with Crippen molar-refractivity contribution in [3.8, 4) is 0 Å². The van der Waals surface area contributed by atoms with Crippen LogP contribution in [0.25, 0.3) is 0 Å². The lowest BCUT2D eigenvalue weighted by atomic mass is 10.0. The summed E-state index contributed by atoms with van der Waals surface area (Å²) >= 11 is 0. The highest BCUT2D eigenvalue weighted by Crippen LogP contribution is 2.34. The van der Waals surface area contributed by atoms with Crippen LogP contribution in [0.2, 0.25) is 0 Å². The van der Waals surface area contributed by atoms with Crippen molar-refractivity contribution < 1.29 is 17.6 Å². The molecular formula is C9H10ClF4N. The molecule has 0 bridgehead atoms. The zero-order chi connectivity index (χ0) is 10.9. The average Bonchev–Trinajstić information content (AvgIpc) is 2.01. The van der Waals surface area contributed by atoms with E-state index in [0.717, 1.165) is 12.1 Å². The van der Waals surface area contributed by atoms with E-state index < -0.39 is 23.6 Å². The first kappa shape index (κ1) is 14.2. The molecule has 0 aromatic heterocycles. The Bertz CT molecular complexity index is 335. The van der Waals surface area contributed by atoms with E-state index in [-0.39, 0.29) is 18.0 Å². The fourth-order valence-electron chi connectivity index (χ4n) is 1.17. The largest absolute Gasteiger partial charge is 0.416 e. The SMILES string of the molecule is CC(N)c1cc(F)ccc1C(F)(F)F.Cl. The molecule has 1 unspecified atom stereocenters. The molecule has 0 spiro atoms. The van der Waals surface area contributed by atoms with Crippen molar-refractivity contribution in [3.05, 3.63) is 35.1 Å². The number of halogens is 5. The Labute approximate surface area is 90.7 Å². The normalized spacial score (nSPS) is 13.2. The van der Waals surface area contributed by atoms with Gasteiger partial charge in [0.05, 0.1) is 5.56 Å². The van der Waals surface area contributed by atoms with Crippen LogP contribution in [-0.2, 0) is 6.18 Å². The minimum atomic E-state index is -4.49. The molecular weight excluding hydrogens is 234 g/mol. The minimum Gasteiger partial charge on any atom is -0.324 e. The number of hydrogen-bond acceptors (Lipinski definition) is 1. The van der Waals surface area contributed by atoms with Gasteiger partial charge in [-0.3, -0.25) is 0 Å². The predicted molar refractivity (Wildman–Crippen MR) is 51.3 cm³/mol. The molecule has 0 saturated heterocycles. The summed E-state index contributed by atoms with van der Waals surface area (Å²) in [7, 11) is 0. The molecule has 0 aliphatic rings. The number of nitrogens with two attached hydrogens (primary N) is 1. The van der Waals surface area contributed by atoms with Gasteiger partial charge >= 0.3 is 6.18 Å². The Morgan fingerprint density at radius 1 is 1.27 bits per heavy atom. The maximum atomic E-state index is 12.7. The second-order valence-electron chi connectivity index (χ2n) is 3.02. The van der Waals surface area contributed by atoms with Crippen LogP contribution in [0.3, 0.4) is 0 Å². The van der Waals surface area contributed by atoms with Gasteiger partial charge in [-0.2, -0.15) is 13.2 Å². The van der Waals surface area contributed by atoms with Crippen molar-refractivity contribution in [3.63, 3.8) is 0 Å². The van der Waals surface area contributed by atoms with Crippen LogP contribution in [0.15, 0.2) is 18.2 Å². The lowest BCUT2D eigenvalue weighted by Crippen LogP contribution is -2.15. The first-order chi connectivity index (χ1) is 6.32. The monoisotopic (exact) mass is 243 g/mol. The van der Waals surface area contributed by atoms with Crippen LogP contribution in [0, 0.1) is 5.82 Å². The quantitative estimate of drug-likeness (QED) is 0.753. The number of alkyl halides is 3. The van der Waals surface area contributed by atoms with Crippen molar-refractivity contribution in [2.24, 2.45) is 5.73 Å². The highest BCUT2D eigenvalue weighted by molar-refractivity contribution is 5.85. The van der Waals surface area contributed by atoms with E-state index in [2.05, 4.69) is 0 Å². The van der Waals surface area contributed by atoms with Gasteiger partial charge in [0, 0.05) is 6.04 Å². The minimum absolute atomic E-state index is 0. The summed E-state index contributed by atoms with van der Waals surface area (Å²) in [6.45, 7) is 1.38. The Morgan fingerprint density at radius 2 is 1.80 bits per heavy atom. The van der Waals surface area contributed by atoms with Gasteiger partial charge in [0.15, 0.2) is 0 Å². The third-order valence-electron chi connectivity index (χ3n) is 1.81. The van der Waals surface area contributed by atoms with Gasteiger partial charge in [0.2, 0.25) is 0 Å². The molecule has 0 radical (unpaired) electrons. The van der Waals surface area contributed by atoms with E-state index in [0.29, 0.717) is 6.07 Å². The van der Waals surface area contributed by atoms with E-state index in [9.17, 15) is 17.6 Å². The van der Waals surface area contributed by atoms with Gasteiger partial charge in [-0.05, 0) is 30.7 Å². The zero-order valence-corrected chi connectivity index (χ0v) is 8.62. The van der Waals surface area contributed by atoms with Crippen molar-refractivity contribution in [1.82, 2.24) is 0 Å². The standard InChI is InChI=1S/C9H9F4N.ClH/c1-5(14)7-4-6(10)2-3-8(7)9(11,12)13;/h2-5H,14H2,1H3;1H. The fourth-order valence-corrected chi connectivity index (χ4v) is 1.17. The third kappa shape index (κ3) is 3.35. The number of benzene rings is 1. The Balaban J connectivity index is 0.00000196. The second-order valence-corrected chi connectivity index (χ2v) is 3.02. The summed E-state index contributed by atoms with van der Waals surface area (Å²) in [5.74, 6) is -0.717. The summed E-state index contributed by atoms with van der Waals surface area (Å²) in [6.07, 6.45) is -4.49. The second kappa shape index (κ2) is 4.81. The number of hydrogen-bond donors (Lipinski definition) is 1. The fraction of sp³-hybridized carbons (Fsp3) is 0.333. The van der Waals surface area contributed by atoms with Gasteiger partial charge in [0.1, 0.15) is 5.82 Å². The van der Waals surface area contributed by atoms with Crippen molar-refractivity contribution >= 4 is 12.4 Å². The van der Waals surface area contributed by atoms with E-state index in [1.165, 1.54) is 6.92 Å².